The fourth-order valence-corrected chi connectivity index (χ4v) is 3.49. The molecule has 0 bridgehead atoms. The van der Waals surface area contributed by atoms with Crippen molar-refractivity contribution in [3.05, 3.63) is 35.2 Å². The fraction of sp³-hybridized carbons (Fsp3) is 0.500. The molecule has 0 radical (unpaired) electrons. The molecule has 3 N–H and O–H groups in total. The molecule has 0 aliphatic carbocycles. The highest BCUT2D eigenvalue weighted by atomic mass is 32.1. The third-order valence-corrected chi connectivity index (χ3v) is 4.68. The van der Waals surface area contributed by atoms with Crippen molar-refractivity contribution in [3.8, 4) is 0 Å². The zero-order chi connectivity index (χ0) is 13.5. The summed E-state index contributed by atoms with van der Waals surface area (Å²) in [6.45, 7) is 2.25. The van der Waals surface area contributed by atoms with Gasteiger partial charge in [-0.25, -0.2) is 0 Å². The summed E-state index contributed by atoms with van der Waals surface area (Å²) in [5.41, 5.74) is 4.42. The monoisotopic (exact) mass is 276 g/mol. The number of fused-ring (bicyclic) bond motifs is 1. The Bertz CT molecular complexity index is 492. The smallest absolute Gasteiger partial charge is 0.0345 e. The lowest BCUT2D eigenvalue weighted by Crippen LogP contribution is -2.36. The SMILES string of the molecule is CCCCCCC(Cc1csc2ccccc12)NN. The average molecular weight is 276 g/mol. The average Bonchev–Trinajstić information content (AvgIpc) is 2.85. The highest BCUT2D eigenvalue weighted by molar-refractivity contribution is 7.17. The van der Waals surface area contributed by atoms with Gasteiger partial charge in [0.1, 0.15) is 0 Å². The second kappa shape index (κ2) is 7.63. The number of nitrogens with two attached hydrogens (primary N) is 1. The molecule has 0 fully saturated rings. The first-order valence-corrected chi connectivity index (χ1v) is 8.14. The molecule has 104 valence electrons. The first-order valence-electron chi connectivity index (χ1n) is 7.26. The van der Waals surface area contributed by atoms with Crippen molar-refractivity contribution >= 4 is 21.4 Å². The van der Waals surface area contributed by atoms with Gasteiger partial charge >= 0.3 is 0 Å². The lowest BCUT2D eigenvalue weighted by atomic mass is 10.00. The van der Waals surface area contributed by atoms with E-state index in [1.807, 2.05) is 11.3 Å². The first kappa shape index (κ1) is 14.5. The lowest BCUT2D eigenvalue weighted by Gasteiger charge is -2.15. The summed E-state index contributed by atoms with van der Waals surface area (Å²) < 4.78 is 1.37. The molecular weight excluding hydrogens is 252 g/mol. The van der Waals surface area contributed by atoms with Gasteiger partial charge in [-0.15, -0.1) is 11.3 Å². The summed E-state index contributed by atoms with van der Waals surface area (Å²) in [6, 6.07) is 9.02. The highest BCUT2D eigenvalue weighted by Crippen LogP contribution is 2.27. The van der Waals surface area contributed by atoms with E-state index in [1.165, 1.54) is 47.8 Å². The third kappa shape index (κ3) is 4.03. The largest absolute Gasteiger partial charge is 0.271 e. The minimum Gasteiger partial charge on any atom is -0.271 e. The second-order valence-electron chi connectivity index (χ2n) is 5.17. The molecule has 2 nitrogen and oxygen atoms in total. The maximum absolute atomic E-state index is 5.70. The number of hydrogen-bond acceptors (Lipinski definition) is 3. The van der Waals surface area contributed by atoms with E-state index in [1.54, 1.807) is 0 Å². The molecule has 0 saturated carbocycles. The molecule has 0 saturated heterocycles. The van der Waals surface area contributed by atoms with Crippen LogP contribution < -0.4 is 11.3 Å². The van der Waals surface area contributed by atoms with Crippen LogP contribution in [-0.2, 0) is 6.42 Å². The van der Waals surface area contributed by atoms with Crippen LogP contribution in [0, 0.1) is 0 Å². The van der Waals surface area contributed by atoms with E-state index in [4.69, 9.17) is 5.84 Å². The zero-order valence-corrected chi connectivity index (χ0v) is 12.5. The molecule has 0 spiro atoms. The third-order valence-electron chi connectivity index (χ3n) is 3.67. The maximum atomic E-state index is 5.70. The molecule has 1 heterocycles. The van der Waals surface area contributed by atoms with Crippen molar-refractivity contribution in [2.24, 2.45) is 5.84 Å². The predicted molar refractivity (Wildman–Crippen MR) is 85.4 cm³/mol. The van der Waals surface area contributed by atoms with Gasteiger partial charge in [0, 0.05) is 10.7 Å². The number of hydrogen-bond donors (Lipinski definition) is 2. The van der Waals surface area contributed by atoms with Crippen molar-refractivity contribution in [2.75, 3.05) is 0 Å². The molecule has 19 heavy (non-hydrogen) atoms. The molecule has 0 aliphatic heterocycles. The van der Waals surface area contributed by atoms with E-state index in [0.717, 1.165) is 6.42 Å². The Balaban J connectivity index is 1.94. The molecule has 1 aromatic carbocycles. The zero-order valence-electron chi connectivity index (χ0n) is 11.7. The Morgan fingerprint density at radius 1 is 1.21 bits per heavy atom. The van der Waals surface area contributed by atoms with Crippen LogP contribution in [0.25, 0.3) is 10.1 Å². The Labute approximate surface area is 120 Å². The van der Waals surface area contributed by atoms with Gasteiger partial charge in [0.25, 0.3) is 0 Å². The van der Waals surface area contributed by atoms with Crippen molar-refractivity contribution in [1.82, 2.24) is 5.43 Å². The van der Waals surface area contributed by atoms with Crippen molar-refractivity contribution in [3.63, 3.8) is 0 Å². The van der Waals surface area contributed by atoms with Gasteiger partial charge in [-0.3, -0.25) is 11.3 Å². The Hall–Kier alpha value is -0.900. The molecule has 2 rings (SSSR count). The molecule has 0 amide bonds. The number of hydrazine groups is 1. The van der Waals surface area contributed by atoms with Crippen LogP contribution in [0.1, 0.15) is 44.6 Å². The molecule has 1 aromatic heterocycles. The van der Waals surface area contributed by atoms with Gasteiger partial charge in [0.15, 0.2) is 0 Å². The van der Waals surface area contributed by atoms with Gasteiger partial charge in [0.05, 0.1) is 0 Å². The van der Waals surface area contributed by atoms with Crippen LogP contribution in [0.3, 0.4) is 0 Å². The quantitative estimate of drug-likeness (QED) is 0.430. The number of thiophene rings is 1. The van der Waals surface area contributed by atoms with Gasteiger partial charge in [0.2, 0.25) is 0 Å². The summed E-state index contributed by atoms with van der Waals surface area (Å²) in [4.78, 5) is 0. The molecular formula is C16H24N2S. The number of unbranched alkanes of at least 4 members (excludes halogenated alkanes) is 3. The van der Waals surface area contributed by atoms with Gasteiger partial charge in [-0.05, 0) is 35.2 Å². The Morgan fingerprint density at radius 3 is 2.84 bits per heavy atom. The highest BCUT2D eigenvalue weighted by Gasteiger charge is 2.11. The van der Waals surface area contributed by atoms with E-state index in [-0.39, 0.29) is 0 Å². The summed E-state index contributed by atoms with van der Waals surface area (Å²) in [6.07, 6.45) is 7.41. The van der Waals surface area contributed by atoms with E-state index in [0.29, 0.717) is 6.04 Å². The standard InChI is InChI=1S/C16H24N2S/c1-2-3-4-5-8-14(18-17)11-13-12-19-16-10-7-6-9-15(13)16/h6-7,9-10,12,14,18H,2-5,8,11,17H2,1H3. The van der Waals surface area contributed by atoms with Crippen LogP contribution in [0.2, 0.25) is 0 Å². The minimum absolute atomic E-state index is 0.398. The van der Waals surface area contributed by atoms with Crippen LogP contribution in [-0.4, -0.2) is 6.04 Å². The molecule has 3 heteroatoms. The maximum Gasteiger partial charge on any atom is 0.0345 e. The van der Waals surface area contributed by atoms with E-state index >= 15 is 0 Å². The fourth-order valence-electron chi connectivity index (χ4n) is 2.52. The number of benzene rings is 1. The molecule has 2 aromatic rings. The summed E-state index contributed by atoms with van der Waals surface area (Å²) in [7, 11) is 0. The van der Waals surface area contributed by atoms with E-state index < -0.39 is 0 Å². The Kier molecular flexibility index (Phi) is 5.83. The molecule has 1 atom stereocenters. The van der Waals surface area contributed by atoms with Gasteiger partial charge in [-0.2, -0.15) is 0 Å². The second-order valence-corrected chi connectivity index (χ2v) is 6.09. The minimum atomic E-state index is 0.398. The normalized spacial score (nSPS) is 12.9. The Morgan fingerprint density at radius 2 is 2.05 bits per heavy atom. The number of nitrogens with one attached hydrogen (secondary N) is 1. The van der Waals surface area contributed by atoms with Crippen LogP contribution in [0.15, 0.2) is 29.6 Å². The summed E-state index contributed by atoms with van der Waals surface area (Å²) in [5, 5.41) is 3.67. The van der Waals surface area contributed by atoms with Crippen LogP contribution >= 0.6 is 11.3 Å². The van der Waals surface area contributed by atoms with Crippen molar-refractivity contribution in [2.45, 2.75) is 51.5 Å². The first-order chi connectivity index (χ1) is 9.35. The van der Waals surface area contributed by atoms with Gasteiger partial charge < -0.3 is 0 Å². The lowest BCUT2D eigenvalue weighted by molar-refractivity contribution is 0.464. The number of rotatable bonds is 8. The molecule has 1 unspecified atom stereocenters. The summed E-state index contributed by atoms with van der Waals surface area (Å²) in [5.74, 6) is 5.70. The van der Waals surface area contributed by atoms with Gasteiger partial charge in [-0.1, -0.05) is 50.8 Å². The topological polar surface area (TPSA) is 38.0 Å². The predicted octanol–water partition coefficient (Wildman–Crippen LogP) is 4.25. The summed E-state index contributed by atoms with van der Waals surface area (Å²) >= 11 is 1.83. The van der Waals surface area contributed by atoms with E-state index in [9.17, 15) is 0 Å². The van der Waals surface area contributed by atoms with Crippen molar-refractivity contribution in [1.29, 1.82) is 0 Å². The van der Waals surface area contributed by atoms with Crippen molar-refractivity contribution < 1.29 is 0 Å². The van der Waals surface area contributed by atoms with Crippen LogP contribution in [0.5, 0.6) is 0 Å². The van der Waals surface area contributed by atoms with Crippen LogP contribution in [0.4, 0.5) is 0 Å². The molecule has 0 aliphatic rings. The van der Waals surface area contributed by atoms with E-state index in [2.05, 4.69) is 42.0 Å².